The van der Waals surface area contributed by atoms with Crippen LogP contribution in [0.5, 0.6) is 0 Å². The van der Waals surface area contributed by atoms with Gasteiger partial charge in [0.15, 0.2) is 0 Å². The lowest BCUT2D eigenvalue weighted by atomic mass is 9.75. The van der Waals surface area contributed by atoms with E-state index in [1.54, 1.807) is 24.3 Å². The number of fused-ring (bicyclic) bond motifs is 2. The van der Waals surface area contributed by atoms with E-state index in [1.807, 2.05) is 37.2 Å². The summed E-state index contributed by atoms with van der Waals surface area (Å²) in [5, 5.41) is 22.6. The van der Waals surface area contributed by atoms with Crippen molar-refractivity contribution >= 4 is 11.0 Å². The molecule has 4 aromatic heterocycles. The van der Waals surface area contributed by atoms with Gasteiger partial charge >= 0.3 is 0 Å². The molecule has 8 heteroatoms. The summed E-state index contributed by atoms with van der Waals surface area (Å²) in [6.07, 6.45) is 19.2. The van der Waals surface area contributed by atoms with Crippen LogP contribution in [0.2, 0.25) is 0 Å². The van der Waals surface area contributed by atoms with Gasteiger partial charge in [-0.15, -0.1) is 0 Å². The van der Waals surface area contributed by atoms with E-state index in [2.05, 4.69) is 43.0 Å². The molecule has 4 fully saturated rings. The topological polar surface area (TPSA) is 75.1 Å². The molecule has 0 spiro atoms. The van der Waals surface area contributed by atoms with Gasteiger partial charge < -0.3 is 19.0 Å². The molecule has 4 aliphatic rings. The third kappa shape index (κ3) is 7.23. The Morgan fingerprint density at radius 2 is 0.889 bits per heavy atom. The first-order valence-electron chi connectivity index (χ1n) is 20.2. The second-order valence-electron chi connectivity index (χ2n) is 16.5. The predicted molar refractivity (Wildman–Crippen MR) is 206 cm³/mol. The highest BCUT2D eigenvalue weighted by Crippen LogP contribution is 2.48. The van der Waals surface area contributed by atoms with Gasteiger partial charge in [0.2, 0.25) is 0 Å². The van der Waals surface area contributed by atoms with Crippen LogP contribution in [-0.2, 0) is 0 Å². The minimum Gasteiger partial charge on any atom is -0.387 e. The number of pyridine rings is 2. The lowest BCUT2D eigenvalue weighted by Crippen LogP contribution is -2.22. The van der Waals surface area contributed by atoms with Gasteiger partial charge in [-0.05, 0) is 171 Å². The van der Waals surface area contributed by atoms with Crippen LogP contribution in [0.3, 0.4) is 0 Å². The van der Waals surface area contributed by atoms with Crippen molar-refractivity contribution in [3.63, 3.8) is 0 Å². The van der Waals surface area contributed by atoms with E-state index in [0.717, 1.165) is 84.9 Å². The zero-order valence-electron chi connectivity index (χ0n) is 30.8. The average Bonchev–Trinajstić information content (AvgIpc) is 4.14. The molecule has 2 N–H and O–H groups in total. The molecular weight excluding hydrogens is 679 g/mol. The minimum absolute atomic E-state index is 0.157. The Kier molecular flexibility index (Phi) is 9.83. The van der Waals surface area contributed by atoms with Crippen LogP contribution in [0.4, 0.5) is 8.78 Å². The molecular formula is C46H50F2N4O2. The number of aliphatic hydroxyl groups is 2. The number of nitrogens with zero attached hydrogens (tertiary/aromatic N) is 4. The number of hydrogen-bond acceptors (Lipinski definition) is 4. The van der Waals surface area contributed by atoms with Crippen molar-refractivity contribution in [2.24, 2.45) is 11.8 Å². The molecule has 4 aliphatic carbocycles. The number of imidazole rings is 2. The summed E-state index contributed by atoms with van der Waals surface area (Å²) in [6, 6.07) is 22.6. The summed E-state index contributed by atoms with van der Waals surface area (Å²) in [5.74, 6) is 2.16. The standard InChI is InChI=1S/2C23H25FN2O/c2*24-19-3-1-2-18(12-19)15-4-8-17(9-5-15)23(27)22-21(16-6-7-16)11-10-20-13-25-14-26(20)22/h2*1-3,10-17,23,27H,4-9H2/t2*15?,17?,23-/m10/s1. The van der Waals surface area contributed by atoms with Gasteiger partial charge in [0.25, 0.3) is 0 Å². The quantitative estimate of drug-likeness (QED) is 0.164. The molecule has 2 atom stereocenters. The SMILES string of the molecule is O[C@@H](c1c(C2CC2)ccc2cncn12)C1CCC(c2cccc(F)c2)CC1.O[C@H](c1c(C2CC2)ccc2cncn12)C1CCC(c2cccc(F)c2)CC1. The summed E-state index contributed by atoms with van der Waals surface area (Å²) in [5.41, 5.74) is 8.95. The summed E-state index contributed by atoms with van der Waals surface area (Å²) in [6.45, 7) is 0. The second kappa shape index (κ2) is 15.0. The van der Waals surface area contributed by atoms with Crippen molar-refractivity contribution in [3.05, 3.63) is 143 Å². The Hall–Kier alpha value is -4.40. The Balaban J connectivity index is 0.000000142. The normalized spacial score (nSPS) is 24.2. The lowest BCUT2D eigenvalue weighted by Gasteiger charge is -2.33. The molecule has 0 amide bonds. The molecule has 10 rings (SSSR count). The molecule has 2 aromatic carbocycles. The molecule has 0 saturated heterocycles. The van der Waals surface area contributed by atoms with Crippen molar-refractivity contribution in [3.8, 4) is 0 Å². The Bertz CT molecular complexity index is 2070. The molecule has 0 unspecified atom stereocenters. The Labute approximate surface area is 315 Å². The monoisotopic (exact) mass is 728 g/mol. The summed E-state index contributed by atoms with van der Waals surface area (Å²) < 4.78 is 31.2. The third-order valence-corrected chi connectivity index (χ3v) is 13.0. The van der Waals surface area contributed by atoms with Crippen molar-refractivity contribution in [1.29, 1.82) is 0 Å². The number of benzene rings is 2. The van der Waals surface area contributed by atoms with E-state index in [-0.39, 0.29) is 23.5 Å². The van der Waals surface area contributed by atoms with E-state index >= 15 is 0 Å². The van der Waals surface area contributed by atoms with E-state index in [4.69, 9.17) is 0 Å². The van der Waals surface area contributed by atoms with Crippen LogP contribution >= 0.6 is 0 Å². The fourth-order valence-electron chi connectivity index (χ4n) is 9.67. The van der Waals surface area contributed by atoms with Gasteiger partial charge in [0, 0.05) is 0 Å². The Morgan fingerprint density at radius 1 is 0.500 bits per heavy atom. The van der Waals surface area contributed by atoms with E-state index in [9.17, 15) is 19.0 Å². The Morgan fingerprint density at radius 3 is 1.26 bits per heavy atom. The van der Waals surface area contributed by atoms with Gasteiger partial charge in [0.1, 0.15) is 11.6 Å². The molecule has 54 heavy (non-hydrogen) atoms. The number of hydrogen-bond donors (Lipinski definition) is 2. The van der Waals surface area contributed by atoms with E-state index < -0.39 is 12.2 Å². The highest BCUT2D eigenvalue weighted by molar-refractivity contribution is 5.51. The molecule has 0 bridgehead atoms. The maximum absolute atomic E-state index is 13.5. The molecule has 4 saturated carbocycles. The summed E-state index contributed by atoms with van der Waals surface area (Å²) in [7, 11) is 0. The van der Waals surface area contributed by atoms with Crippen molar-refractivity contribution in [2.45, 2.75) is 113 Å². The van der Waals surface area contributed by atoms with Gasteiger partial charge in [0.05, 0.1) is 59.7 Å². The van der Waals surface area contributed by atoms with E-state index in [0.29, 0.717) is 23.7 Å². The smallest absolute Gasteiger partial charge is 0.123 e. The van der Waals surface area contributed by atoms with Gasteiger partial charge in [-0.2, -0.15) is 0 Å². The fourth-order valence-corrected chi connectivity index (χ4v) is 9.67. The van der Waals surface area contributed by atoms with Crippen LogP contribution in [0.1, 0.15) is 147 Å². The largest absolute Gasteiger partial charge is 0.387 e. The van der Waals surface area contributed by atoms with Crippen LogP contribution < -0.4 is 0 Å². The third-order valence-electron chi connectivity index (χ3n) is 13.0. The molecule has 0 radical (unpaired) electrons. The maximum atomic E-state index is 13.5. The van der Waals surface area contributed by atoms with Crippen LogP contribution in [-0.4, -0.2) is 29.0 Å². The first kappa shape index (κ1) is 35.3. The molecule has 6 aromatic rings. The van der Waals surface area contributed by atoms with Crippen LogP contribution in [0.15, 0.2) is 97.8 Å². The van der Waals surface area contributed by atoms with Crippen LogP contribution in [0.25, 0.3) is 11.0 Å². The highest BCUT2D eigenvalue weighted by Gasteiger charge is 2.36. The molecule has 6 nitrogen and oxygen atoms in total. The number of rotatable bonds is 8. The van der Waals surface area contributed by atoms with Gasteiger partial charge in [-0.1, -0.05) is 36.4 Å². The average molecular weight is 729 g/mol. The maximum Gasteiger partial charge on any atom is 0.123 e. The van der Waals surface area contributed by atoms with E-state index in [1.165, 1.54) is 48.9 Å². The molecule has 0 aliphatic heterocycles. The van der Waals surface area contributed by atoms with Crippen molar-refractivity contribution < 1.29 is 19.0 Å². The second-order valence-corrected chi connectivity index (χ2v) is 16.5. The fraction of sp³-hybridized carbons (Fsp3) is 0.435. The highest BCUT2D eigenvalue weighted by atomic mass is 19.1. The summed E-state index contributed by atoms with van der Waals surface area (Å²) in [4.78, 5) is 8.57. The zero-order chi connectivity index (χ0) is 36.8. The first-order valence-corrected chi connectivity index (χ1v) is 20.2. The number of aliphatic hydroxyl groups excluding tert-OH is 2. The van der Waals surface area contributed by atoms with Gasteiger partial charge in [-0.3, -0.25) is 0 Å². The molecule has 4 heterocycles. The lowest BCUT2D eigenvalue weighted by molar-refractivity contribution is 0.0753. The first-order chi connectivity index (χ1) is 26.4. The minimum atomic E-state index is -0.466. The van der Waals surface area contributed by atoms with Crippen molar-refractivity contribution in [1.82, 2.24) is 18.8 Å². The molecule has 280 valence electrons. The zero-order valence-corrected chi connectivity index (χ0v) is 30.8. The number of aromatic nitrogens is 4. The van der Waals surface area contributed by atoms with Gasteiger partial charge in [-0.25, -0.2) is 18.7 Å². The summed E-state index contributed by atoms with van der Waals surface area (Å²) >= 11 is 0. The number of halogens is 2. The van der Waals surface area contributed by atoms with Crippen LogP contribution in [0, 0.1) is 23.5 Å². The van der Waals surface area contributed by atoms with Crippen molar-refractivity contribution in [2.75, 3.05) is 0 Å². The predicted octanol–water partition coefficient (Wildman–Crippen LogP) is 10.7.